The monoisotopic (exact) mass is 746 g/mol. The molecule has 0 spiro atoms. The van der Waals surface area contributed by atoms with Crippen LogP contribution in [-0.4, -0.2) is 59.0 Å². The van der Waals surface area contributed by atoms with Crippen LogP contribution in [0.1, 0.15) is 65.9 Å². The first-order valence-corrected chi connectivity index (χ1v) is 17.1. The van der Waals surface area contributed by atoms with E-state index < -0.39 is 64.7 Å². The predicted molar refractivity (Wildman–Crippen MR) is 187 cm³/mol. The number of alkyl halides is 5. The van der Waals surface area contributed by atoms with E-state index in [9.17, 15) is 36.3 Å². The number of halogens is 6. The number of amides is 1. The number of benzene rings is 2. The number of aryl methyl sites for hydroxylation is 2. The summed E-state index contributed by atoms with van der Waals surface area (Å²) < 4.78 is 97.8. The Hall–Kier alpha value is -4.92. The number of rotatable bonds is 11. The van der Waals surface area contributed by atoms with Crippen molar-refractivity contribution in [1.82, 2.24) is 14.9 Å². The van der Waals surface area contributed by atoms with E-state index in [0.29, 0.717) is 49.6 Å². The average Bonchev–Trinajstić information content (AvgIpc) is 3.08. The van der Waals surface area contributed by atoms with Gasteiger partial charge in [-0.2, -0.15) is 13.2 Å². The van der Waals surface area contributed by atoms with Gasteiger partial charge in [0.2, 0.25) is 0 Å². The highest BCUT2D eigenvalue weighted by molar-refractivity contribution is 6.00. The molecule has 9 nitrogen and oxygen atoms in total. The van der Waals surface area contributed by atoms with Crippen LogP contribution in [0.4, 0.5) is 32.0 Å². The fourth-order valence-electron chi connectivity index (χ4n) is 6.45. The molecule has 1 fully saturated rings. The summed E-state index contributed by atoms with van der Waals surface area (Å²) in [4.78, 5) is 45.3. The highest BCUT2D eigenvalue weighted by Crippen LogP contribution is 2.37. The number of pyridine rings is 2. The minimum absolute atomic E-state index is 0.0146. The lowest BCUT2D eigenvalue weighted by atomic mass is 9.91. The minimum Gasteiger partial charge on any atom is -0.461 e. The van der Waals surface area contributed by atoms with Crippen LogP contribution in [0, 0.1) is 19.7 Å². The number of hydrogen-bond donors (Lipinski definition) is 2. The van der Waals surface area contributed by atoms with Gasteiger partial charge in [0.25, 0.3) is 17.4 Å². The van der Waals surface area contributed by atoms with Crippen LogP contribution in [0.5, 0.6) is 0 Å². The second-order valence-corrected chi connectivity index (χ2v) is 13.3. The molecular weight excluding hydrogens is 706 g/mol. The highest BCUT2D eigenvalue weighted by Gasteiger charge is 2.39. The van der Waals surface area contributed by atoms with Crippen LogP contribution in [-0.2, 0) is 33.7 Å². The molecule has 3 heterocycles. The molecule has 0 unspecified atom stereocenters. The summed E-state index contributed by atoms with van der Waals surface area (Å²) in [6.45, 7) is 5.62. The molecule has 284 valence electrons. The zero-order chi connectivity index (χ0) is 38.8. The number of nitrogens with one attached hydrogen (secondary N) is 2. The van der Waals surface area contributed by atoms with Crippen molar-refractivity contribution in [3.8, 4) is 11.1 Å². The van der Waals surface area contributed by atoms with Crippen LogP contribution in [0.15, 0.2) is 53.5 Å². The van der Waals surface area contributed by atoms with Crippen molar-refractivity contribution in [3.63, 3.8) is 0 Å². The Balaban J connectivity index is 1.54. The molecule has 2 atom stereocenters. The zero-order valence-electron chi connectivity index (χ0n) is 29.8. The topological polar surface area (TPSA) is 112 Å². The molecule has 0 aliphatic carbocycles. The standard InChI is InChI=1S/C38H40F6N4O5/c1-6-30(38(42,43)44)46-23-16-20(2)31(28(39)19-23)34(49)47-29(36(51)53-24-11-14-52-15-12-24)18-22-9-10-26(33-25(22)8-7-13-45-33)32-27(37(4,40)41)17-21(3)48(5)35(32)50/h7-10,13,16-17,19,24,29-30,46H,6,11-12,14-15,18H2,1-5H3,(H,47,49)/t29-,30+/m0/s1. The molecule has 1 amide bonds. The third-order valence-corrected chi connectivity index (χ3v) is 9.40. The first kappa shape index (κ1) is 39.3. The van der Waals surface area contributed by atoms with Gasteiger partial charge in [-0.25, -0.2) is 18.0 Å². The van der Waals surface area contributed by atoms with Crippen molar-refractivity contribution in [1.29, 1.82) is 0 Å². The van der Waals surface area contributed by atoms with E-state index in [1.807, 2.05) is 0 Å². The summed E-state index contributed by atoms with van der Waals surface area (Å²) in [5.41, 5.74) is -0.951. The van der Waals surface area contributed by atoms with Crippen LogP contribution < -0.4 is 16.2 Å². The molecular formula is C38H40F6N4O5. The smallest absolute Gasteiger partial charge is 0.408 e. The van der Waals surface area contributed by atoms with Crippen molar-refractivity contribution >= 4 is 28.5 Å². The maximum atomic E-state index is 15.5. The van der Waals surface area contributed by atoms with Gasteiger partial charge in [-0.15, -0.1) is 0 Å². The van der Waals surface area contributed by atoms with E-state index in [-0.39, 0.29) is 40.7 Å². The van der Waals surface area contributed by atoms with Crippen LogP contribution >= 0.6 is 0 Å². The summed E-state index contributed by atoms with van der Waals surface area (Å²) in [5, 5.41) is 5.20. The van der Waals surface area contributed by atoms with E-state index >= 15 is 4.39 Å². The van der Waals surface area contributed by atoms with Crippen LogP contribution in [0.25, 0.3) is 22.0 Å². The first-order valence-electron chi connectivity index (χ1n) is 17.1. The zero-order valence-corrected chi connectivity index (χ0v) is 29.8. The minimum atomic E-state index is -4.59. The third-order valence-electron chi connectivity index (χ3n) is 9.40. The van der Waals surface area contributed by atoms with Gasteiger partial charge in [0.05, 0.1) is 29.9 Å². The Morgan fingerprint density at radius 2 is 1.77 bits per heavy atom. The van der Waals surface area contributed by atoms with E-state index in [4.69, 9.17) is 9.47 Å². The fourth-order valence-corrected chi connectivity index (χ4v) is 6.45. The largest absolute Gasteiger partial charge is 0.461 e. The summed E-state index contributed by atoms with van der Waals surface area (Å²) in [6, 6.07) is 6.10. The predicted octanol–water partition coefficient (Wildman–Crippen LogP) is 7.28. The number of carbonyl (C=O) groups is 2. The molecule has 0 bridgehead atoms. The third kappa shape index (κ3) is 8.66. The molecule has 1 saturated heterocycles. The highest BCUT2D eigenvalue weighted by atomic mass is 19.4. The number of hydrogen-bond acceptors (Lipinski definition) is 7. The number of nitrogens with zero attached hydrogens (tertiary/aromatic N) is 2. The van der Waals surface area contributed by atoms with Gasteiger partial charge in [0.15, 0.2) is 0 Å². The SMILES string of the molecule is CC[C@@H](Nc1cc(C)c(C(=O)N[C@@H](Cc2ccc(-c3c(C(C)(F)F)cc(C)n(C)c3=O)c3ncccc23)C(=O)OC2CCOCC2)c(F)c1)C(F)(F)F. The summed E-state index contributed by atoms with van der Waals surface area (Å²) in [6.07, 6.45) is -3.41. The molecule has 1 aliphatic rings. The molecule has 2 aromatic heterocycles. The van der Waals surface area contributed by atoms with E-state index in [0.717, 1.165) is 6.07 Å². The van der Waals surface area contributed by atoms with Crippen LogP contribution in [0.3, 0.4) is 0 Å². The molecule has 0 radical (unpaired) electrons. The number of anilines is 1. The second-order valence-electron chi connectivity index (χ2n) is 13.3. The van der Waals surface area contributed by atoms with Gasteiger partial charge in [-0.05, 0) is 55.7 Å². The number of fused-ring (bicyclic) bond motifs is 1. The normalized spacial score (nSPS) is 15.2. The lowest BCUT2D eigenvalue weighted by molar-refractivity contribution is -0.155. The number of carbonyl (C=O) groups excluding carboxylic acids is 2. The molecule has 53 heavy (non-hydrogen) atoms. The molecule has 15 heteroatoms. The van der Waals surface area contributed by atoms with Crippen LogP contribution in [0.2, 0.25) is 0 Å². The Morgan fingerprint density at radius 3 is 2.40 bits per heavy atom. The summed E-state index contributed by atoms with van der Waals surface area (Å²) in [7, 11) is 1.47. The molecule has 2 N–H and O–H groups in total. The molecule has 4 aromatic rings. The lowest BCUT2D eigenvalue weighted by Gasteiger charge is -2.26. The summed E-state index contributed by atoms with van der Waals surface area (Å²) in [5.74, 6) is -6.34. The fraction of sp³-hybridized carbons (Fsp3) is 0.421. The Kier molecular flexibility index (Phi) is 11.6. The number of ether oxygens (including phenoxy) is 2. The van der Waals surface area contributed by atoms with E-state index in [2.05, 4.69) is 15.6 Å². The van der Waals surface area contributed by atoms with Crippen molar-refractivity contribution in [2.45, 2.75) is 83.7 Å². The Morgan fingerprint density at radius 1 is 1.08 bits per heavy atom. The molecule has 5 rings (SSSR count). The quantitative estimate of drug-likeness (QED) is 0.123. The average molecular weight is 747 g/mol. The summed E-state index contributed by atoms with van der Waals surface area (Å²) >= 11 is 0. The second kappa shape index (κ2) is 15.6. The van der Waals surface area contributed by atoms with Gasteiger partial charge in [0.1, 0.15) is 24.0 Å². The van der Waals surface area contributed by atoms with Gasteiger partial charge < -0.3 is 24.7 Å². The Bertz CT molecular complexity index is 2050. The van der Waals surface area contributed by atoms with Gasteiger partial charge in [-0.3, -0.25) is 14.6 Å². The van der Waals surface area contributed by atoms with E-state index in [1.54, 1.807) is 19.1 Å². The maximum Gasteiger partial charge on any atom is 0.408 e. The molecule has 2 aromatic carbocycles. The van der Waals surface area contributed by atoms with Crippen molar-refractivity contribution in [3.05, 3.63) is 92.8 Å². The van der Waals surface area contributed by atoms with Crippen molar-refractivity contribution < 1.29 is 45.4 Å². The van der Waals surface area contributed by atoms with Crippen molar-refractivity contribution in [2.24, 2.45) is 7.05 Å². The Labute approximate surface area is 301 Å². The molecule has 0 saturated carbocycles. The molecule has 1 aliphatic heterocycles. The van der Waals surface area contributed by atoms with Gasteiger partial charge in [0, 0.05) is 67.3 Å². The van der Waals surface area contributed by atoms with Gasteiger partial charge in [-0.1, -0.05) is 25.1 Å². The maximum absolute atomic E-state index is 15.5. The van der Waals surface area contributed by atoms with E-state index in [1.165, 1.54) is 55.9 Å². The number of aromatic nitrogens is 2. The van der Waals surface area contributed by atoms with Crippen molar-refractivity contribution in [2.75, 3.05) is 18.5 Å². The number of esters is 1. The van der Waals surface area contributed by atoms with Gasteiger partial charge >= 0.3 is 12.1 Å². The lowest BCUT2D eigenvalue weighted by Crippen LogP contribution is -2.45. The first-order chi connectivity index (χ1) is 24.9.